The molecular formula is C16H27BrN2O. The number of hydrogen-bond donors (Lipinski definition) is 0. The molecule has 0 aromatic rings. The number of azo groups is 1. The second-order valence-corrected chi connectivity index (χ2v) is 6.20. The minimum atomic E-state index is -0.608. The predicted octanol–water partition coefficient (Wildman–Crippen LogP) is 5.77. The molecule has 2 atom stereocenters. The van der Waals surface area contributed by atoms with Crippen LogP contribution in [0.3, 0.4) is 0 Å². The van der Waals surface area contributed by atoms with Gasteiger partial charge in [0.2, 0.25) is 5.72 Å². The molecule has 2 unspecified atom stereocenters. The van der Waals surface area contributed by atoms with Crippen molar-refractivity contribution in [3.63, 3.8) is 0 Å². The summed E-state index contributed by atoms with van der Waals surface area (Å²) >= 11 is 3.62. The fraction of sp³-hybridized carbons (Fsp3) is 0.750. The monoisotopic (exact) mass is 342 g/mol. The quantitative estimate of drug-likeness (QED) is 0.282. The van der Waals surface area contributed by atoms with Crippen molar-refractivity contribution in [1.29, 1.82) is 0 Å². The van der Waals surface area contributed by atoms with Gasteiger partial charge in [-0.1, -0.05) is 67.3 Å². The summed E-state index contributed by atoms with van der Waals surface area (Å²) < 4.78 is 6.12. The van der Waals surface area contributed by atoms with E-state index in [0.717, 1.165) is 32.2 Å². The maximum Gasteiger partial charge on any atom is 0.202 e. The number of unbranched alkanes of at least 4 members (excludes halogenated alkanes) is 3. The topological polar surface area (TPSA) is 34.0 Å². The van der Waals surface area contributed by atoms with Crippen molar-refractivity contribution in [2.24, 2.45) is 10.2 Å². The van der Waals surface area contributed by atoms with Crippen LogP contribution in [0.2, 0.25) is 0 Å². The molecule has 0 aliphatic heterocycles. The SMILES string of the molecule is CCCCCC(Br)OC1(N=NCCCC)C=CC=CC1. The number of nitrogens with zero attached hydrogens (tertiary/aromatic N) is 2. The molecule has 1 aliphatic carbocycles. The lowest BCUT2D eigenvalue weighted by Crippen LogP contribution is -2.31. The van der Waals surface area contributed by atoms with Crippen LogP contribution in [0.25, 0.3) is 0 Å². The average Bonchev–Trinajstić information content (AvgIpc) is 2.45. The fourth-order valence-corrected chi connectivity index (χ4v) is 2.66. The molecule has 0 heterocycles. The lowest BCUT2D eigenvalue weighted by Gasteiger charge is -2.28. The van der Waals surface area contributed by atoms with Crippen LogP contribution in [0.4, 0.5) is 0 Å². The van der Waals surface area contributed by atoms with Crippen molar-refractivity contribution < 1.29 is 4.74 Å². The third-order valence-corrected chi connectivity index (χ3v) is 3.88. The van der Waals surface area contributed by atoms with Crippen LogP contribution >= 0.6 is 15.9 Å². The van der Waals surface area contributed by atoms with E-state index < -0.39 is 5.72 Å². The Bertz CT molecular complexity index is 341. The molecule has 0 fully saturated rings. The highest BCUT2D eigenvalue weighted by Crippen LogP contribution is 2.29. The molecule has 20 heavy (non-hydrogen) atoms. The molecule has 0 radical (unpaired) electrons. The molecule has 1 rings (SSSR count). The zero-order valence-electron chi connectivity index (χ0n) is 12.7. The molecular weight excluding hydrogens is 316 g/mol. The highest BCUT2D eigenvalue weighted by molar-refractivity contribution is 9.09. The Kier molecular flexibility index (Phi) is 9.03. The van der Waals surface area contributed by atoms with Gasteiger partial charge in [0.25, 0.3) is 0 Å². The summed E-state index contributed by atoms with van der Waals surface area (Å²) in [6, 6.07) is 0. The summed E-state index contributed by atoms with van der Waals surface area (Å²) in [6.07, 6.45) is 15.8. The number of halogens is 1. The van der Waals surface area contributed by atoms with E-state index >= 15 is 0 Å². The number of allylic oxidation sites excluding steroid dienone is 2. The van der Waals surface area contributed by atoms with Crippen molar-refractivity contribution >= 4 is 15.9 Å². The van der Waals surface area contributed by atoms with Crippen LogP contribution in [0.1, 0.15) is 58.8 Å². The van der Waals surface area contributed by atoms with Crippen LogP contribution in [0.5, 0.6) is 0 Å². The Labute approximate surface area is 131 Å². The molecule has 114 valence electrons. The second kappa shape index (κ2) is 10.3. The molecule has 4 heteroatoms. The van der Waals surface area contributed by atoms with Crippen molar-refractivity contribution in [2.45, 2.75) is 69.5 Å². The van der Waals surface area contributed by atoms with Crippen LogP contribution in [-0.2, 0) is 4.74 Å². The van der Waals surface area contributed by atoms with Gasteiger partial charge in [-0.3, -0.25) is 0 Å². The molecule has 1 aliphatic rings. The van der Waals surface area contributed by atoms with Gasteiger partial charge in [-0.05, 0) is 25.3 Å². The molecule has 0 bridgehead atoms. The Morgan fingerprint density at radius 3 is 2.65 bits per heavy atom. The predicted molar refractivity (Wildman–Crippen MR) is 88.2 cm³/mol. The second-order valence-electron chi connectivity index (χ2n) is 5.18. The normalized spacial score (nSPS) is 23.6. The van der Waals surface area contributed by atoms with E-state index in [0.29, 0.717) is 0 Å². The maximum absolute atomic E-state index is 6.12. The minimum Gasteiger partial charge on any atom is -0.334 e. The molecule has 0 saturated carbocycles. The van der Waals surface area contributed by atoms with Gasteiger partial charge < -0.3 is 4.74 Å². The van der Waals surface area contributed by atoms with E-state index in [1.54, 1.807) is 0 Å². The van der Waals surface area contributed by atoms with E-state index in [1.807, 2.05) is 18.2 Å². The third kappa shape index (κ3) is 6.80. The van der Waals surface area contributed by atoms with E-state index in [9.17, 15) is 0 Å². The Hall–Kier alpha value is -0.480. The van der Waals surface area contributed by atoms with Crippen LogP contribution in [0.15, 0.2) is 34.5 Å². The molecule has 0 aromatic heterocycles. The molecule has 0 aromatic carbocycles. The van der Waals surface area contributed by atoms with Crippen molar-refractivity contribution in [3.8, 4) is 0 Å². The van der Waals surface area contributed by atoms with E-state index in [-0.39, 0.29) is 5.01 Å². The first-order valence-electron chi connectivity index (χ1n) is 7.77. The van der Waals surface area contributed by atoms with Gasteiger partial charge in [-0.2, -0.15) is 10.2 Å². The standard InChI is InChI=1S/C16H27BrN2O/c1-3-5-8-11-15(17)20-16(12-9-7-10-13-16)19-18-14-6-4-2/h7,9-10,12,15H,3-6,8,11,13-14H2,1-2H3. The molecule has 3 nitrogen and oxygen atoms in total. The van der Waals surface area contributed by atoms with Gasteiger partial charge in [0.1, 0.15) is 5.01 Å². The Balaban J connectivity index is 2.53. The maximum atomic E-state index is 6.12. The van der Waals surface area contributed by atoms with Gasteiger partial charge >= 0.3 is 0 Å². The van der Waals surface area contributed by atoms with Crippen molar-refractivity contribution in [3.05, 3.63) is 24.3 Å². The van der Waals surface area contributed by atoms with Crippen LogP contribution < -0.4 is 0 Å². The average molecular weight is 343 g/mol. The first-order chi connectivity index (χ1) is 9.72. The molecule has 0 saturated heterocycles. The molecule has 0 N–H and O–H groups in total. The lowest BCUT2D eigenvalue weighted by atomic mass is 10.1. The molecule has 0 spiro atoms. The first kappa shape index (κ1) is 17.6. The smallest absolute Gasteiger partial charge is 0.202 e. The summed E-state index contributed by atoms with van der Waals surface area (Å²) in [6.45, 7) is 5.15. The highest BCUT2D eigenvalue weighted by atomic mass is 79.9. The van der Waals surface area contributed by atoms with Crippen LogP contribution in [-0.4, -0.2) is 17.3 Å². The number of hydrogen-bond acceptors (Lipinski definition) is 3. The van der Waals surface area contributed by atoms with E-state index in [4.69, 9.17) is 4.74 Å². The number of rotatable bonds is 10. The number of alkyl halides is 1. The Morgan fingerprint density at radius 2 is 2.00 bits per heavy atom. The van der Waals surface area contributed by atoms with Crippen LogP contribution in [0, 0.1) is 0 Å². The summed E-state index contributed by atoms with van der Waals surface area (Å²) in [7, 11) is 0. The summed E-state index contributed by atoms with van der Waals surface area (Å²) in [5, 5.41) is 8.79. The van der Waals surface area contributed by atoms with Gasteiger partial charge in [0.05, 0.1) is 6.54 Å². The van der Waals surface area contributed by atoms with E-state index in [1.165, 1.54) is 19.3 Å². The molecule has 0 amide bonds. The summed E-state index contributed by atoms with van der Waals surface area (Å²) in [4.78, 5) is 0. The third-order valence-electron chi connectivity index (χ3n) is 3.23. The highest BCUT2D eigenvalue weighted by Gasteiger charge is 2.30. The summed E-state index contributed by atoms with van der Waals surface area (Å²) in [5.74, 6) is 0. The first-order valence-corrected chi connectivity index (χ1v) is 8.69. The Morgan fingerprint density at radius 1 is 1.20 bits per heavy atom. The van der Waals surface area contributed by atoms with E-state index in [2.05, 4.69) is 46.1 Å². The zero-order valence-corrected chi connectivity index (χ0v) is 14.3. The summed E-state index contributed by atoms with van der Waals surface area (Å²) in [5.41, 5.74) is -0.608. The van der Waals surface area contributed by atoms with Gasteiger partial charge in [-0.15, -0.1) is 0 Å². The largest absolute Gasteiger partial charge is 0.334 e. The fourth-order valence-electron chi connectivity index (χ4n) is 2.01. The van der Waals surface area contributed by atoms with Gasteiger partial charge in [0, 0.05) is 6.42 Å². The zero-order chi connectivity index (χ0) is 14.7. The minimum absolute atomic E-state index is 0.0373. The lowest BCUT2D eigenvalue weighted by molar-refractivity contribution is -0.0224. The van der Waals surface area contributed by atoms with Gasteiger partial charge in [-0.25, -0.2) is 0 Å². The van der Waals surface area contributed by atoms with Gasteiger partial charge in [0.15, 0.2) is 0 Å². The number of ether oxygens (including phenoxy) is 1. The van der Waals surface area contributed by atoms with Crippen molar-refractivity contribution in [2.75, 3.05) is 6.54 Å². The van der Waals surface area contributed by atoms with Crippen molar-refractivity contribution in [1.82, 2.24) is 0 Å².